The summed E-state index contributed by atoms with van der Waals surface area (Å²) >= 11 is 0. The lowest BCUT2D eigenvalue weighted by Crippen LogP contribution is -2.07. The van der Waals surface area contributed by atoms with Crippen molar-refractivity contribution >= 4 is 10.5 Å². The fraction of sp³-hybridized carbons (Fsp3) is 0.188. The van der Waals surface area contributed by atoms with Crippen LogP contribution in [0.3, 0.4) is 0 Å². The Labute approximate surface area is 143 Å². The van der Waals surface area contributed by atoms with Crippen molar-refractivity contribution in [1.29, 1.82) is 0 Å². The van der Waals surface area contributed by atoms with Gasteiger partial charge in [0, 0.05) is 28.9 Å². The van der Waals surface area contributed by atoms with Crippen molar-refractivity contribution in [2.24, 2.45) is 0 Å². The molecule has 2 aromatic heterocycles. The molecule has 0 amide bonds. The summed E-state index contributed by atoms with van der Waals surface area (Å²) < 4.78 is 56.7. The number of benzene rings is 1. The standard InChI is InChI=1S/C16H12F4N3OS/c1-10-3-2-4-13(14(10)17)25-8-12(23-9-25)7-24-15-21-5-11(6-22-15)16(18,19)20/h2-6,8-9H,7H2,1H3/q+1. The predicted octanol–water partition coefficient (Wildman–Crippen LogP) is 4.66. The molecule has 25 heavy (non-hydrogen) atoms. The number of aromatic nitrogens is 3. The zero-order valence-corrected chi connectivity index (χ0v) is 13.7. The monoisotopic (exact) mass is 370 g/mol. The third-order valence-corrected chi connectivity index (χ3v) is 4.99. The van der Waals surface area contributed by atoms with Gasteiger partial charge in [0.2, 0.25) is 10.4 Å². The molecule has 4 nitrogen and oxygen atoms in total. The van der Waals surface area contributed by atoms with Crippen LogP contribution in [0.25, 0.3) is 4.90 Å². The molecule has 0 spiro atoms. The van der Waals surface area contributed by atoms with E-state index in [-0.39, 0.29) is 18.4 Å². The first-order valence-electron chi connectivity index (χ1n) is 7.08. The minimum absolute atomic E-state index is 0.0151. The van der Waals surface area contributed by atoms with Crippen LogP contribution in [0.5, 0.6) is 6.01 Å². The molecule has 0 fully saturated rings. The number of nitrogens with zero attached hydrogens (tertiary/aromatic N) is 3. The van der Waals surface area contributed by atoms with Crippen molar-refractivity contribution in [2.75, 3.05) is 0 Å². The number of hydrogen-bond donors (Lipinski definition) is 0. The Morgan fingerprint density at radius 2 is 1.84 bits per heavy atom. The lowest BCUT2D eigenvalue weighted by atomic mass is 10.2. The van der Waals surface area contributed by atoms with E-state index in [1.165, 1.54) is 0 Å². The van der Waals surface area contributed by atoms with Crippen molar-refractivity contribution in [1.82, 2.24) is 15.0 Å². The van der Waals surface area contributed by atoms with E-state index in [1.807, 2.05) is 0 Å². The molecule has 0 radical (unpaired) electrons. The number of rotatable bonds is 4. The second-order valence-electron chi connectivity index (χ2n) is 5.14. The van der Waals surface area contributed by atoms with E-state index in [0.717, 1.165) is 0 Å². The fourth-order valence-electron chi connectivity index (χ4n) is 2.00. The summed E-state index contributed by atoms with van der Waals surface area (Å²) in [5, 5.41) is 1.75. The van der Waals surface area contributed by atoms with E-state index in [0.29, 0.717) is 28.5 Å². The van der Waals surface area contributed by atoms with Crippen LogP contribution in [-0.2, 0) is 12.8 Å². The van der Waals surface area contributed by atoms with Crippen molar-refractivity contribution in [3.05, 3.63) is 64.1 Å². The molecule has 0 N–H and O–H groups in total. The van der Waals surface area contributed by atoms with Crippen molar-refractivity contribution in [3.8, 4) is 10.9 Å². The third kappa shape index (κ3) is 3.93. The van der Waals surface area contributed by atoms with Gasteiger partial charge in [-0.15, -0.1) is 0 Å². The van der Waals surface area contributed by atoms with Gasteiger partial charge in [-0.1, -0.05) is 12.1 Å². The van der Waals surface area contributed by atoms with Crippen LogP contribution in [0.15, 0.2) is 41.5 Å². The lowest BCUT2D eigenvalue weighted by molar-refractivity contribution is -0.138. The van der Waals surface area contributed by atoms with Gasteiger partial charge in [-0.25, -0.2) is 19.3 Å². The van der Waals surface area contributed by atoms with Crippen LogP contribution in [0.4, 0.5) is 17.6 Å². The van der Waals surface area contributed by atoms with E-state index < -0.39 is 22.2 Å². The molecule has 0 bridgehead atoms. The first kappa shape index (κ1) is 17.3. The first-order valence-corrected chi connectivity index (χ1v) is 8.43. The van der Waals surface area contributed by atoms with Gasteiger partial charge in [0.15, 0.2) is 11.2 Å². The van der Waals surface area contributed by atoms with Gasteiger partial charge < -0.3 is 4.74 Å². The lowest BCUT2D eigenvalue weighted by Gasteiger charge is -2.06. The molecule has 1 aromatic carbocycles. The third-order valence-electron chi connectivity index (χ3n) is 3.31. The maximum absolute atomic E-state index is 14.1. The summed E-state index contributed by atoms with van der Waals surface area (Å²) in [6.45, 7) is 1.67. The largest absolute Gasteiger partial charge is 0.457 e. The van der Waals surface area contributed by atoms with Gasteiger partial charge in [-0.3, -0.25) is 0 Å². The highest BCUT2D eigenvalue weighted by Crippen LogP contribution is 2.34. The van der Waals surface area contributed by atoms with Gasteiger partial charge in [-0.05, 0) is 12.5 Å². The van der Waals surface area contributed by atoms with E-state index >= 15 is 0 Å². The quantitative estimate of drug-likeness (QED) is 0.495. The highest BCUT2D eigenvalue weighted by atomic mass is 32.2. The number of ether oxygens (including phenoxy) is 1. The highest BCUT2D eigenvalue weighted by Gasteiger charge is 2.31. The summed E-state index contributed by atoms with van der Waals surface area (Å²) in [5.74, 6) is -0.276. The SMILES string of the molecule is Cc1cccc(-[s+]2cnc(COc3ncc(C(F)(F)F)cn3)c2)c1F. The Bertz CT molecular complexity index is 878. The number of alkyl halides is 3. The van der Waals surface area contributed by atoms with Crippen LogP contribution in [0.1, 0.15) is 16.8 Å². The second-order valence-corrected chi connectivity index (χ2v) is 6.77. The maximum atomic E-state index is 14.1. The van der Waals surface area contributed by atoms with Crippen molar-refractivity contribution in [2.45, 2.75) is 19.7 Å². The van der Waals surface area contributed by atoms with Crippen LogP contribution in [-0.4, -0.2) is 15.0 Å². The minimum atomic E-state index is -4.50. The molecule has 0 aliphatic rings. The van der Waals surface area contributed by atoms with Crippen LogP contribution in [0, 0.1) is 12.7 Å². The molecule has 1 atom stereocenters. The minimum Gasteiger partial charge on any atom is -0.457 e. The topological polar surface area (TPSA) is 47.9 Å². The molecule has 3 rings (SSSR count). The van der Waals surface area contributed by atoms with Crippen molar-refractivity contribution < 1.29 is 22.3 Å². The van der Waals surface area contributed by atoms with E-state index in [1.54, 1.807) is 36.0 Å². The molecule has 2 heterocycles. The second kappa shape index (κ2) is 6.75. The van der Waals surface area contributed by atoms with Gasteiger partial charge in [-0.2, -0.15) is 13.2 Å². The maximum Gasteiger partial charge on any atom is 0.419 e. The Morgan fingerprint density at radius 3 is 2.52 bits per heavy atom. The molecule has 0 saturated heterocycles. The summed E-state index contributed by atoms with van der Waals surface area (Å²) in [6, 6.07) is 4.96. The average molecular weight is 370 g/mol. The summed E-state index contributed by atoms with van der Waals surface area (Å²) in [5.41, 5.74) is 1.75. The fourth-order valence-corrected chi connectivity index (χ4v) is 3.58. The molecule has 130 valence electrons. The Hall–Kier alpha value is -2.55. The van der Waals surface area contributed by atoms with E-state index in [9.17, 15) is 17.6 Å². The molecular formula is C16H12F4N3OS+. The Kier molecular flexibility index (Phi) is 4.67. The van der Waals surface area contributed by atoms with Crippen LogP contribution >= 0.6 is 10.5 Å². The smallest absolute Gasteiger partial charge is 0.419 e. The summed E-state index contributed by atoms with van der Waals surface area (Å²) in [6.07, 6.45) is -3.19. The molecule has 9 heteroatoms. The highest BCUT2D eigenvalue weighted by molar-refractivity contribution is 7.36. The van der Waals surface area contributed by atoms with Crippen LogP contribution < -0.4 is 4.74 Å². The van der Waals surface area contributed by atoms with Crippen molar-refractivity contribution in [3.63, 3.8) is 0 Å². The zero-order valence-electron chi connectivity index (χ0n) is 12.9. The van der Waals surface area contributed by atoms with Gasteiger partial charge in [0.05, 0.1) is 5.56 Å². The van der Waals surface area contributed by atoms with Gasteiger partial charge >= 0.3 is 12.2 Å². The number of hydrogen-bond acceptors (Lipinski definition) is 4. The van der Waals surface area contributed by atoms with Gasteiger partial charge in [0.25, 0.3) is 0 Å². The average Bonchev–Trinajstić information content (AvgIpc) is 3.04. The molecule has 3 aromatic rings. The van der Waals surface area contributed by atoms with Crippen LogP contribution in [0.2, 0.25) is 0 Å². The number of thiazole rings is 1. The van der Waals surface area contributed by atoms with Gasteiger partial charge in [0.1, 0.15) is 12.3 Å². The normalized spacial score (nSPS) is 12.3. The summed E-state index contributed by atoms with van der Waals surface area (Å²) in [4.78, 5) is 11.7. The number of aryl methyl sites for hydroxylation is 1. The van der Waals surface area contributed by atoms with E-state index in [2.05, 4.69) is 15.0 Å². The molecular weight excluding hydrogens is 358 g/mol. The molecule has 0 aliphatic heterocycles. The Morgan fingerprint density at radius 1 is 1.12 bits per heavy atom. The Balaban J connectivity index is 1.69. The van der Waals surface area contributed by atoms with E-state index in [4.69, 9.17) is 4.74 Å². The number of halogens is 4. The molecule has 1 unspecified atom stereocenters. The molecule has 0 aliphatic carbocycles. The summed E-state index contributed by atoms with van der Waals surface area (Å²) in [7, 11) is -0.614. The first-order chi connectivity index (χ1) is 11.8. The molecule has 0 saturated carbocycles. The zero-order chi connectivity index (χ0) is 18.0. The predicted molar refractivity (Wildman–Crippen MR) is 84.1 cm³/mol.